The summed E-state index contributed by atoms with van der Waals surface area (Å²) in [5.41, 5.74) is 1.35. The molecule has 0 aliphatic rings. The number of amides is 1. The zero-order chi connectivity index (χ0) is 19.6. The maximum absolute atomic E-state index is 13.6. The first-order valence-electron chi connectivity index (χ1n) is 9.11. The lowest BCUT2D eigenvalue weighted by molar-refractivity contribution is -0.126. The van der Waals surface area contributed by atoms with E-state index in [-0.39, 0.29) is 17.5 Å². The van der Waals surface area contributed by atoms with Gasteiger partial charge in [0.15, 0.2) is 0 Å². The highest BCUT2D eigenvalue weighted by atomic mass is 19.1. The van der Waals surface area contributed by atoms with Crippen LogP contribution in [0.3, 0.4) is 0 Å². The third-order valence-corrected chi connectivity index (χ3v) is 4.41. The number of nitrogens with zero attached hydrogens (tertiary/aromatic N) is 2. The Kier molecular flexibility index (Phi) is 7.78. The molecule has 1 atom stereocenters. The second-order valence-electron chi connectivity index (χ2n) is 6.03. The second-order valence-corrected chi connectivity index (χ2v) is 6.03. The monoisotopic (exact) mass is 368 g/mol. The van der Waals surface area contributed by atoms with Crippen molar-refractivity contribution in [3.05, 3.63) is 65.5 Å². The first kappa shape index (κ1) is 20.4. The van der Waals surface area contributed by atoms with Gasteiger partial charge in [0.2, 0.25) is 5.91 Å². The van der Waals surface area contributed by atoms with Crippen LogP contribution in [-0.4, -0.2) is 37.0 Å². The Morgan fingerprint density at radius 2 is 1.81 bits per heavy atom. The van der Waals surface area contributed by atoms with E-state index in [0.29, 0.717) is 18.8 Å². The van der Waals surface area contributed by atoms with Crippen LogP contribution in [0, 0.1) is 17.1 Å². The molecule has 0 radical (unpaired) electrons. The average Bonchev–Trinajstić information content (AvgIpc) is 2.69. The Hall–Kier alpha value is -2.91. The van der Waals surface area contributed by atoms with Crippen molar-refractivity contribution in [1.82, 2.24) is 10.2 Å². The predicted octanol–water partition coefficient (Wildman–Crippen LogP) is 3.31. The number of hydrogen-bond donors (Lipinski definition) is 2. The van der Waals surface area contributed by atoms with Gasteiger partial charge in [0.1, 0.15) is 23.5 Å². The molecule has 2 aromatic rings. The van der Waals surface area contributed by atoms with Gasteiger partial charge in [-0.3, -0.25) is 9.69 Å². The van der Waals surface area contributed by atoms with Crippen molar-refractivity contribution < 1.29 is 9.18 Å². The number of hydrogen-bond acceptors (Lipinski definition) is 4. The van der Waals surface area contributed by atoms with Gasteiger partial charge in [-0.05, 0) is 30.8 Å². The van der Waals surface area contributed by atoms with Crippen molar-refractivity contribution in [3.63, 3.8) is 0 Å². The number of carbonyl (C=O) groups is 1. The van der Waals surface area contributed by atoms with Crippen LogP contribution in [-0.2, 0) is 4.79 Å². The van der Waals surface area contributed by atoms with Crippen LogP contribution in [0.1, 0.15) is 31.0 Å². The van der Waals surface area contributed by atoms with Crippen molar-refractivity contribution in [2.24, 2.45) is 0 Å². The lowest BCUT2D eigenvalue weighted by Gasteiger charge is -2.29. The highest BCUT2D eigenvalue weighted by Gasteiger charge is 2.25. The third kappa shape index (κ3) is 5.28. The smallest absolute Gasteiger partial charge is 0.242 e. The predicted molar refractivity (Wildman–Crippen MR) is 105 cm³/mol. The molecule has 0 spiro atoms. The molecule has 1 amide bonds. The van der Waals surface area contributed by atoms with Crippen molar-refractivity contribution in [2.75, 3.05) is 31.5 Å². The number of halogens is 1. The first-order chi connectivity index (χ1) is 13.1. The molecule has 0 aliphatic heterocycles. The molecule has 2 N–H and O–H groups in total. The summed E-state index contributed by atoms with van der Waals surface area (Å²) in [6, 6.07) is 15.6. The minimum atomic E-state index is -0.558. The van der Waals surface area contributed by atoms with E-state index in [1.807, 2.05) is 50.2 Å². The molecule has 0 aromatic heterocycles. The molecule has 0 saturated heterocycles. The highest BCUT2D eigenvalue weighted by Crippen LogP contribution is 2.20. The maximum atomic E-state index is 13.6. The van der Waals surface area contributed by atoms with Crippen molar-refractivity contribution in [3.8, 4) is 6.07 Å². The Balaban J connectivity index is 1.98. The summed E-state index contributed by atoms with van der Waals surface area (Å²) in [7, 11) is 0. The average molecular weight is 368 g/mol. The van der Waals surface area contributed by atoms with E-state index in [4.69, 9.17) is 5.26 Å². The highest BCUT2D eigenvalue weighted by molar-refractivity contribution is 5.83. The molecule has 142 valence electrons. The molecule has 27 heavy (non-hydrogen) atoms. The van der Waals surface area contributed by atoms with Gasteiger partial charge in [-0.15, -0.1) is 0 Å². The van der Waals surface area contributed by atoms with Crippen LogP contribution in [0.2, 0.25) is 0 Å². The Morgan fingerprint density at radius 1 is 1.11 bits per heavy atom. The van der Waals surface area contributed by atoms with E-state index >= 15 is 0 Å². The van der Waals surface area contributed by atoms with Crippen LogP contribution in [0.4, 0.5) is 10.1 Å². The summed E-state index contributed by atoms with van der Waals surface area (Å²) in [4.78, 5) is 14.9. The zero-order valence-electron chi connectivity index (χ0n) is 15.7. The van der Waals surface area contributed by atoms with Crippen LogP contribution in [0.15, 0.2) is 48.5 Å². The molecule has 2 rings (SSSR count). The lowest BCUT2D eigenvalue weighted by Crippen LogP contribution is -2.41. The molecular weight excluding hydrogens is 343 g/mol. The number of nitrogens with one attached hydrogen (secondary N) is 2. The molecule has 0 bridgehead atoms. The molecule has 0 aliphatic carbocycles. The minimum absolute atomic E-state index is 0.0193. The molecule has 0 saturated carbocycles. The summed E-state index contributed by atoms with van der Waals surface area (Å²) in [5.74, 6) is -0.636. The van der Waals surface area contributed by atoms with Crippen molar-refractivity contribution in [1.29, 1.82) is 5.26 Å². The fourth-order valence-electron chi connectivity index (χ4n) is 3.02. The quantitative estimate of drug-likeness (QED) is 0.667. The lowest BCUT2D eigenvalue weighted by atomic mass is 10.0. The van der Waals surface area contributed by atoms with Gasteiger partial charge in [0.05, 0.1) is 5.69 Å². The number of carbonyl (C=O) groups excluding carboxylic acids is 1. The van der Waals surface area contributed by atoms with Crippen molar-refractivity contribution >= 4 is 11.6 Å². The second kappa shape index (κ2) is 10.3. The molecule has 6 heteroatoms. The van der Waals surface area contributed by atoms with Crippen LogP contribution < -0.4 is 10.6 Å². The summed E-state index contributed by atoms with van der Waals surface area (Å²) in [6.45, 7) is 6.34. The normalized spacial score (nSPS) is 11.7. The zero-order valence-corrected chi connectivity index (χ0v) is 15.7. The van der Waals surface area contributed by atoms with Gasteiger partial charge in [-0.1, -0.05) is 50.2 Å². The van der Waals surface area contributed by atoms with E-state index in [0.717, 1.165) is 18.7 Å². The fourth-order valence-corrected chi connectivity index (χ4v) is 3.02. The molecule has 1 unspecified atom stereocenters. The number of anilines is 1. The van der Waals surface area contributed by atoms with E-state index in [2.05, 4.69) is 15.5 Å². The molecule has 2 aromatic carbocycles. The van der Waals surface area contributed by atoms with Gasteiger partial charge < -0.3 is 10.6 Å². The summed E-state index contributed by atoms with van der Waals surface area (Å²) >= 11 is 0. The van der Waals surface area contributed by atoms with Gasteiger partial charge in [0.25, 0.3) is 0 Å². The summed E-state index contributed by atoms with van der Waals surface area (Å²) in [6.07, 6.45) is 0. The Morgan fingerprint density at radius 3 is 2.44 bits per heavy atom. The van der Waals surface area contributed by atoms with Crippen molar-refractivity contribution in [2.45, 2.75) is 19.9 Å². The van der Waals surface area contributed by atoms with E-state index in [1.54, 1.807) is 12.1 Å². The number of benzene rings is 2. The molecular formula is C21H25FN4O. The fraction of sp³-hybridized carbons (Fsp3) is 0.333. The molecule has 5 nitrogen and oxygen atoms in total. The van der Waals surface area contributed by atoms with E-state index in [1.165, 1.54) is 6.07 Å². The van der Waals surface area contributed by atoms with Gasteiger partial charge in [-0.2, -0.15) is 5.26 Å². The van der Waals surface area contributed by atoms with Gasteiger partial charge >= 0.3 is 0 Å². The van der Waals surface area contributed by atoms with Gasteiger partial charge in [-0.25, -0.2) is 4.39 Å². The minimum Gasteiger partial charge on any atom is -0.382 e. The number of likely N-dealkylation sites (N-methyl/N-ethyl adjacent to an activating group) is 1. The number of rotatable bonds is 9. The third-order valence-electron chi connectivity index (χ3n) is 4.41. The van der Waals surface area contributed by atoms with E-state index in [9.17, 15) is 9.18 Å². The Bertz CT molecular complexity index is 785. The molecule has 0 fully saturated rings. The summed E-state index contributed by atoms with van der Waals surface area (Å²) in [5, 5.41) is 15.0. The Labute approximate surface area is 159 Å². The van der Waals surface area contributed by atoms with Crippen LogP contribution >= 0.6 is 0 Å². The molecule has 0 heterocycles. The number of nitriles is 1. The SMILES string of the molecule is CCN(CC)C(C(=O)NCCNc1cccc(F)c1C#N)c1ccccc1. The summed E-state index contributed by atoms with van der Waals surface area (Å²) < 4.78 is 13.6. The van der Waals surface area contributed by atoms with Crippen LogP contribution in [0.25, 0.3) is 0 Å². The topological polar surface area (TPSA) is 68.2 Å². The standard InChI is InChI=1S/C21H25FN4O/c1-3-26(4-2)20(16-9-6-5-7-10-16)21(27)25-14-13-24-19-12-8-11-18(22)17(19)15-23/h5-12,20,24H,3-4,13-14H2,1-2H3,(H,25,27). The van der Waals surface area contributed by atoms with Crippen LogP contribution in [0.5, 0.6) is 0 Å². The largest absolute Gasteiger partial charge is 0.382 e. The first-order valence-corrected chi connectivity index (χ1v) is 9.11. The van der Waals surface area contributed by atoms with Gasteiger partial charge in [0, 0.05) is 13.1 Å². The van der Waals surface area contributed by atoms with E-state index < -0.39 is 5.82 Å². The maximum Gasteiger partial charge on any atom is 0.242 e.